The van der Waals surface area contributed by atoms with Crippen molar-refractivity contribution in [2.75, 3.05) is 13.7 Å². The van der Waals surface area contributed by atoms with Gasteiger partial charge in [0.15, 0.2) is 0 Å². The van der Waals surface area contributed by atoms with Crippen LogP contribution < -0.4 is 5.32 Å². The highest BCUT2D eigenvalue weighted by Gasteiger charge is 2.03. The van der Waals surface area contributed by atoms with Crippen LogP contribution in [0, 0.1) is 6.92 Å². The Labute approximate surface area is 86.3 Å². The lowest BCUT2D eigenvalue weighted by molar-refractivity contribution is -0.702. The quantitative estimate of drug-likeness (QED) is 0.746. The molecule has 1 aromatic carbocycles. The number of rotatable bonds is 5. The second kappa shape index (κ2) is 5.78. The Kier molecular flexibility index (Phi) is 4.63. The van der Waals surface area contributed by atoms with E-state index in [0.717, 1.165) is 13.2 Å². The van der Waals surface area contributed by atoms with Crippen LogP contribution in [0.25, 0.3) is 0 Å². The molecule has 0 aliphatic carbocycles. The Bertz CT molecular complexity index is 273. The van der Waals surface area contributed by atoms with E-state index in [-0.39, 0.29) is 0 Å². The molecule has 1 rings (SSSR count). The predicted molar refractivity (Wildman–Crippen MR) is 58.1 cm³/mol. The summed E-state index contributed by atoms with van der Waals surface area (Å²) in [5.74, 6) is 0. The Morgan fingerprint density at radius 2 is 2.21 bits per heavy atom. The molecule has 0 aromatic heterocycles. The van der Waals surface area contributed by atoms with Crippen LogP contribution in [-0.4, -0.2) is 19.8 Å². The lowest BCUT2D eigenvalue weighted by Crippen LogP contribution is -2.88. The third-order valence-electron chi connectivity index (χ3n) is 2.27. The van der Waals surface area contributed by atoms with E-state index in [1.54, 1.807) is 7.11 Å². The number of benzene rings is 1. The molecule has 2 heteroatoms. The number of hydrogen-bond acceptors (Lipinski definition) is 1. The zero-order valence-corrected chi connectivity index (χ0v) is 9.29. The zero-order chi connectivity index (χ0) is 10.4. The van der Waals surface area contributed by atoms with Crippen LogP contribution in [0.15, 0.2) is 24.3 Å². The van der Waals surface area contributed by atoms with Crippen LogP contribution in [0.1, 0.15) is 18.1 Å². The Morgan fingerprint density at radius 1 is 1.43 bits per heavy atom. The van der Waals surface area contributed by atoms with Gasteiger partial charge in [0, 0.05) is 12.7 Å². The van der Waals surface area contributed by atoms with Crippen molar-refractivity contribution in [2.24, 2.45) is 0 Å². The number of methoxy groups -OCH3 is 1. The van der Waals surface area contributed by atoms with Crippen LogP contribution in [0.3, 0.4) is 0 Å². The molecule has 0 fully saturated rings. The average molecular weight is 194 g/mol. The van der Waals surface area contributed by atoms with E-state index in [9.17, 15) is 0 Å². The maximum atomic E-state index is 5.08. The van der Waals surface area contributed by atoms with Crippen molar-refractivity contribution >= 4 is 0 Å². The van der Waals surface area contributed by atoms with E-state index in [1.807, 2.05) is 0 Å². The van der Waals surface area contributed by atoms with Gasteiger partial charge >= 0.3 is 0 Å². The molecule has 78 valence electrons. The minimum Gasteiger partial charge on any atom is -0.379 e. The van der Waals surface area contributed by atoms with Gasteiger partial charge in [0.2, 0.25) is 0 Å². The SMILES string of the molecule is COCC(C)[NH2+]Cc1cccc(C)c1. The van der Waals surface area contributed by atoms with Crippen LogP contribution in [-0.2, 0) is 11.3 Å². The fraction of sp³-hybridized carbons (Fsp3) is 0.500. The first-order valence-corrected chi connectivity index (χ1v) is 5.10. The number of ether oxygens (including phenoxy) is 1. The molecular weight excluding hydrogens is 174 g/mol. The number of hydrogen-bond donors (Lipinski definition) is 1. The Hall–Kier alpha value is -0.860. The summed E-state index contributed by atoms with van der Waals surface area (Å²) >= 11 is 0. The third kappa shape index (κ3) is 3.90. The second-order valence-electron chi connectivity index (χ2n) is 3.86. The van der Waals surface area contributed by atoms with Gasteiger partial charge in [-0.2, -0.15) is 0 Å². The van der Waals surface area contributed by atoms with Gasteiger partial charge in [0.25, 0.3) is 0 Å². The van der Waals surface area contributed by atoms with Gasteiger partial charge < -0.3 is 10.1 Å². The van der Waals surface area contributed by atoms with E-state index >= 15 is 0 Å². The highest BCUT2D eigenvalue weighted by Crippen LogP contribution is 2.01. The highest BCUT2D eigenvalue weighted by atomic mass is 16.5. The summed E-state index contributed by atoms with van der Waals surface area (Å²) in [6.07, 6.45) is 0. The lowest BCUT2D eigenvalue weighted by Gasteiger charge is -2.09. The fourth-order valence-electron chi connectivity index (χ4n) is 1.51. The molecule has 2 nitrogen and oxygen atoms in total. The largest absolute Gasteiger partial charge is 0.379 e. The maximum absolute atomic E-state index is 5.08. The number of aryl methyl sites for hydroxylation is 1. The van der Waals surface area contributed by atoms with Gasteiger partial charge in [-0.25, -0.2) is 0 Å². The molecule has 1 unspecified atom stereocenters. The van der Waals surface area contributed by atoms with Gasteiger partial charge in [-0.05, 0) is 13.8 Å². The monoisotopic (exact) mass is 194 g/mol. The normalized spacial score (nSPS) is 12.8. The van der Waals surface area contributed by atoms with Crippen molar-refractivity contribution in [3.63, 3.8) is 0 Å². The molecular formula is C12H20NO+. The number of nitrogens with two attached hydrogens (primary N) is 1. The molecule has 0 radical (unpaired) electrons. The minimum atomic E-state index is 0.528. The molecule has 0 aliphatic rings. The topological polar surface area (TPSA) is 25.8 Å². The van der Waals surface area contributed by atoms with Crippen molar-refractivity contribution in [3.05, 3.63) is 35.4 Å². The Balaban J connectivity index is 2.37. The van der Waals surface area contributed by atoms with Crippen molar-refractivity contribution in [3.8, 4) is 0 Å². The lowest BCUT2D eigenvalue weighted by atomic mass is 10.1. The van der Waals surface area contributed by atoms with Crippen molar-refractivity contribution in [2.45, 2.75) is 26.4 Å². The van der Waals surface area contributed by atoms with Crippen LogP contribution in [0.4, 0.5) is 0 Å². The molecule has 0 saturated carbocycles. The van der Waals surface area contributed by atoms with Gasteiger partial charge in [0.1, 0.15) is 12.6 Å². The summed E-state index contributed by atoms with van der Waals surface area (Å²) in [6, 6.07) is 9.17. The van der Waals surface area contributed by atoms with Crippen molar-refractivity contribution in [1.82, 2.24) is 0 Å². The summed E-state index contributed by atoms with van der Waals surface area (Å²) in [7, 11) is 1.75. The van der Waals surface area contributed by atoms with Crippen LogP contribution in [0.5, 0.6) is 0 Å². The molecule has 14 heavy (non-hydrogen) atoms. The summed E-state index contributed by atoms with van der Waals surface area (Å²) in [5, 5.41) is 2.30. The zero-order valence-electron chi connectivity index (χ0n) is 9.29. The predicted octanol–water partition coefficient (Wildman–Crippen LogP) is 1.09. The molecule has 1 aromatic rings. The molecule has 0 saturated heterocycles. The highest BCUT2D eigenvalue weighted by molar-refractivity contribution is 5.21. The van der Waals surface area contributed by atoms with E-state index in [4.69, 9.17) is 4.74 Å². The van der Waals surface area contributed by atoms with E-state index in [1.165, 1.54) is 11.1 Å². The molecule has 0 spiro atoms. The first-order chi connectivity index (χ1) is 6.72. The summed E-state index contributed by atoms with van der Waals surface area (Å²) in [4.78, 5) is 0. The third-order valence-corrected chi connectivity index (χ3v) is 2.27. The molecule has 2 N–H and O–H groups in total. The summed E-state index contributed by atoms with van der Waals surface area (Å²) < 4.78 is 5.08. The van der Waals surface area contributed by atoms with Crippen LogP contribution >= 0.6 is 0 Å². The van der Waals surface area contributed by atoms with Gasteiger partial charge in [-0.15, -0.1) is 0 Å². The molecule has 0 bridgehead atoms. The smallest absolute Gasteiger partial charge is 0.107 e. The van der Waals surface area contributed by atoms with E-state index in [0.29, 0.717) is 6.04 Å². The fourth-order valence-corrected chi connectivity index (χ4v) is 1.51. The van der Waals surface area contributed by atoms with Crippen LogP contribution in [0.2, 0.25) is 0 Å². The van der Waals surface area contributed by atoms with E-state index < -0.39 is 0 Å². The summed E-state index contributed by atoms with van der Waals surface area (Å²) in [5.41, 5.74) is 2.71. The first kappa shape index (κ1) is 11.2. The van der Waals surface area contributed by atoms with Gasteiger partial charge in [0.05, 0.1) is 6.61 Å². The van der Waals surface area contributed by atoms with Crippen molar-refractivity contribution < 1.29 is 10.1 Å². The molecule has 0 aliphatic heterocycles. The molecule has 0 heterocycles. The number of quaternary nitrogens is 1. The Morgan fingerprint density at radius 3 is 2.86 bits per heavy atom. The van der Waals surface area contributed by atoms with Gasteiger partial charge in [-0.1, -0.05) is 29.8 Å². The summed E-state index contributed by atoms with van der Waals surface area (Å²) in [6.45, 7) is 6.15. The standard InChI is InChI=1S/C12H19NO/c1-10-5-4-6-12(7-10)8-13-11(2)9-14-3/h4-7,11,13H,8-9H2,1-3H3/p+1. The first-order valence-electron chi connectivity index (χ1n) is 5.10. The average Bonchev–Trinajstić information content (AvgIpc) is 2.15. The van der Waals surface area contributed by atoms with Crippen molar-refractivity contribution in [1.29, 1.82) is 0 Å². The molecule has 1 atom stereocenters. The van der Waals surface area contributed by atoms with Gasteiger partial charge in [-0.3, -0.25) is 0 Å². The molecule has 0 amide bonds. The second-order valence-corrected chi connectivity index (χ2v) is 3.86. The van der Waals surface area contributed by atoms with E-state index in [2.05, 4.69) is 43.4 Å². The maximum Gasteiger partial charge on any atom is 0.107 e. The minimum absolute atomic E-state index is 0.528.